The number of carbonyl (C=O) groups excluding carboxylic acids is 2. The molecule has 0 saturated carbocycles. The first-order chi connectivity index (χ1) is 17.6. The minimum atomic E-state index is -0.804. The van der Waals surface area contributed by atoms with E-state index in [2.05, 4.69) is 20.5 Å². The average molecular weight is 488 g/mol. The van der Waals surface area contributed by atoms with Gasteiger partial charge in [0.1, 0.15) is 31.4 Å². The van der Waals surface area contributed by atoms with E-state index in [-0.39, 0.29) is 18.8 Å². The number of tetrazole rings is 1. The minimum absolute atomic E-state index is 0.151. The van der Waals surface area contributed by atoms with E-state index in [0.717, 1.165) is 0 Å². The molecule has 182 valence electrons. The molecule has 5 rings (SSSR count). The SMILES string of the molecule is O=C(OC[C@@H]1O[C@H](n2ccc(-n3cnnn3)nc2=O)C[C@H]1OC(=O)c1ccccc1)c1ccccc1. The number of nitrogens with zero attached hydrogens (tertiary/aromatic N) is 6. The normalized spacial score (nSPS) is 19.1. The molecule has 1 aliphatic rings. The predicted molar refractivity (Wildman–Crippen MR) is 122 cm³/mol. The van der Waals surface area contributed by atoms with Crippen LogP contribution in [0.25, 0.3) is 5.82 Å². The van der Waals surface area contributed by atoms with Crippen LogP contribution < -0.4 is 5.69 Å². The summed E-state index contributed by atoms with van der Waals surface area (Å²) >= 11 is 0. The Balaban J connectivity index is 1.34. The minimum Gasteiger partial charge on any atom is -0.459 e. The summed E-state index contributed by atoms with van der Waals surface area (Å²) in [6.45, 7) is -0.179. The summed E-state index contributed by atoms with van der Waals surface area (Å²) in [5.41, 5.74) is 0.136. The first-order valence-corrected chi connectivity index (χ1v) is 11.0. The molecule has 0 N–H and O–H groups in total. The lowest BCUT2D eigenvalue weighted by atomic mass is 10.1. The van der Waals surface area contributed by atoms with Crippen molar-refractivity contribution in [3.63, 3.8) is 0 Å². The molecule has 4 aromatic rings. The Bertz CT molecular complexity index is 1390. The third kappa shape index (κ3) is 5.03. The molecule has 1 fully saturated rings. The number of rotatable bonds is 7. The molecule has 12 heteroatoms. The van der Waals surface area contributed by atoms with Crippen molar-refractivity contribution >= 4 is 11.9 Å². The van der Waals surface area contributed by atoms with Gasteiger partial charge in [-0.2, -0.15) is 9.67 Å². The first kappa shape index (κ1) is 23.1. The Morgan fingerprint density at radius 3 is 2.31 bits per heavy atom. The molecule has 2 aromatic heterocycles. The van der Waals surface area contributed by atoms with Crippen molar-refractivity contribution in [3.05, 3.63) is 101 Å². The molecule has 3 atom stereocenters. The van der Waals surface area contributed by atoms with Crippen molar-refractivity contribution in [3.8, 4) is 5.82 Å². The lowest BCUT2D eigenvalue weighted by Gasteiger charge is -2.19. The number of hydrogen-bond acceptors (Lipinski definition) is 10. The van der Waals surface area contributed by atoms with E-state index in [0.29, 0.717) is 11.1 Å². The molecule has 0 radical (unpaired) electrons. The molecular formula is C24H20N6O6. The summed E-state index contributed by atoms with van der Waals surface area (Å²) in [5, 5.41) is 10.8. The molecular weight excluding hydrogens is 468 g/mol. The standard InChI is InChI=1S/C24H20N6O6/c31-22(16-7-3-1-4-8-16)34-14-19-18(36-23(32)17-9-5-2-6-10-17)13-21(35-19)29-12-11-20(26-24(29)33)30-15-25-27-28-30/h1-12,15,18-19,21H,13-14H2/t18-,19+,21+/m1/s1. The zero-order valence-corrected chi connectivity index (χ0v) is 18.8. The predicted octanol–water partition coefficient (Wildman–Crippen LogP) is 1.59. The number of carbonyl (C=O) groups is 2. The molecule has 0 unspecified atom stereocenters. The molecule has 1 aliphatic heterocycles. The maximum Gasteiger partial charge on any atom is 0.351 e. The van der Waals surface area contributed by atoms with Crippen molar-refractivity contribution in [1.29, 1.82) is 0 Å². The van der Waals surface area contributed by atoms with Crippen LogP contribution in [0.1, 0.15) is 33.4 Å². The summed E-state index contributed by atoms with van der Waals surface area (Å²) in [7, 11) is 0. The van der Waals surface area contributed by atoms with Gasteiger partial charge in [-0.25, -0.2) is 14.4 Å². The van der Waals surface area contributed by atoms with Gasteiger partial charge in [0.05, 0.1) is 11.1 Å². The second-order valence-electron chi connectivity index (χ2n) is 7.87. The molecule has 0 aliphatic carbocycles. The molecule has 3 heterocycles. The average Bonchev–Trinajstić information content (AvgIpc) is 3.59. The van der Waals surface area contributed by atoms with Crippen LogP contribution in [-0.4, -0.2) is 60.5 Å². The Hall–Kier alpha value is -4.71. The van der Waals surface area contributed by atoms with Gasteiger partial charge in [-0.3, -0.25) is 4.57 Å². The van der Waals surface area contributed by atoms with Crippen molar-refractivity contribution in [2.45, 2.75) is 24.9 Å². The van der Waals surface area contributed by atoms with E-state index in [1.165, 1.54) is 21.8 Å². The van der Waals surface area contributed by atoms with E-state index in [4.69, 9.17) is 14.2 Å². The number of esters is 2. The van der Waals surface area contributed by atoms with E-state index in [1.54, 1.807) is 66.7 Å². The van der Waals surface area contributed by atoms with Gasteiger partial charge in [0.25, 0.3) is 0 Å². The molecule has 0 amide bonds. The van der Waals surface area contributed by atoms with Crippen LogP contribution in [0.15, 0.2) is 84.0 Å². The Morgan fingerprint density at radius 1 is 0.972 bits per heavy atom. The maximum atomic E-state index is 12.7. The highest BCUT2D eigenvalue weighted by atomic mass is 16.6. The van der Waals surface area contributed by atoms with E-state index in [1.807, 2.05) is 0 Å². The number of aromatic nitrogens is 6. The van der Waals surface area contributed by atoms with Crippen LogP contribution in [-0.2, 0) is 14.2 Å². The molecule has 1 saturated heterocycles. The lowest BCUT2D eigenvalue weighted by Crippen LogP contribution is -2.32. The smallest absolute Gasteiger partial charge is 0.351 e. The van der Waals surface area contributed by atoms with Gasteiger partial charge in [-0.15, -0.1) is 5.10 Å². The quantitative estimate of drug-likeness (QED) is 0.352. The zero-order chi connectivity index (χ0) is 24.9. The fourth-order valence-corrected chi connectivity index (χ4v) is 3.76. The topological polar surface area (TPSA) is 140 Å². The van der Waals surface area contributed by atoms with Gasteiger partial charge in [0.15, 0.2) is 5.82 Å². The van der Waals surface area contributed by atoms with E-state index < -0.39 is 36.1 Å². The third-order valence-corrected chi connectivity index (χ3v) is 5.55. The fourth-order valence-electron chi connectivity index (χ4n) is 3.76. The number of ether oxygens (including phenoxy) is 3. The summed E-state index contributed by atoms with van der Waals surface area (Å²) < 4.78 is 19.7. The third-order valence-electron chi connectivity index (χ3n) is 5.55. The number of hydrogen-bond donors (Lipinski definition) is 0. The maximum absolute atomic E-state index is 12.7. The molecule has 0 spiro atoms. The van der Waals surface area contributed by atoms with Crippen LogP contribution in [0.4, 0.5) is 0 Å². The van der Waals surface area contributed by atoms with Crippen molar-refractivity contribution in [2.75, 3.05) is 6.61 Å². The van der Waals surface area contributed by atoms with E-state index >= 15 is 0 Å². The first-order valence-electron chi connectivity index (χ1n) is 11.0. The Labute approximate surface area is 204 Å². The largest absolute Gasteiger partial charge is 0.459 e. The molecule has 0 bridgehead atoms. The van der Waals surface area contributed by atoms with Gasteiger partial charge < -0.3 is 14.2 Å². The van der Waals surface area contributed by atoms with E-state index in [9.17, 15) is 14.4 Å². The zero-order valence-electron chi connectivity index (χ0n) is 18.8. The van der Waals surface area contributed by atoms with Gasteiger partial charge in [0.2, 0.25) is 0 Å². The van der Waals surface area contributed by atoms with Gasteiger partial charge in [0, 0.05) is 12.6 Å². The van der Waals surface area contributed by atoms with Crippen molar-refractivity contribution in [2.24, 2.45) is 0 Å². The Morgan fingerprint density at radius 2 is 1.67 bits per heavy atom. The van der Waals surface area contributed by atoms with Gasteiger partial charge in [-0.1, -0.05) is 36.4 Å². The summed E-state index contributed by atoms with van der Waals surface area (Å²) in [6.07, 6.45) is 0.568. The number of benzene rings is 2. The van der Waals surface area contributed by atoms with Crippen molar-refractivity contribution in [1.82, 2.24) is 29.8 Å². The van der Waals surface area contributed by atoms with Crippen LogP contribution in [0.3, 0.4) is 0 Å². The Kier molecular flexibility index (Phi) is 6.58. The summed E-state index contributed by atoms with van der Waals surface area (Å²) in [5.74, 6) is -0.858. The summed E-state index contributed by atoms with van der Waals surface area (Å²) in [4.78, 5) is 41.9. The fraction of sp³-hybridized carbons (Fsp3) is 0.208. The highest BCUT2D eigenvalue weighted by Crippen LogP contribution is 2.31. The highest BCUT2D eigenvalue weighted by molar-refractivity contribution is 5.90. The van der Waals surface area contributed by atoms with Crippen LogP contribution in [0.5, 0.6) is 0 Å². The molecule has 12 nitrogen and oxygen atoms in total. The highest BCUT2D eigenvalue weighted by Gasteiger charge is 2.40. The molecule has 2 aromatic carbocycles. The summed E-state index contributed by atoms with van der Waals surface area (Å²) in [6, 6.07) is 18.5. The molecule has 36 heavy (non-hydrogen) atoms. The lowest BCUT2D eigenvalue weighted by molar-refractivity contribution is -0.0582. The van der Waals surface area contributed by atoms with Gasteiger partial charge >= 0.3 is 17.6 Å². The van der Waals surface area contributed by atoms with Crippen LogP contribution in [0, 0.1) is 0 Å². The second kappa shape index (κ2) is 10.3. The van der Waals surface area contributed by atoms with Crippen LogP contribution in [0.2, 0.25) is 0 Å². The van der Waals surface area contributed by atoms with Gasteiger partial charge in [-0.05, 0) is 40.8 Å². The second-order valence-corrected chi connectivity index (χ2v) is 7.87. The monoisotopic (exact) mass is 488 g/mol. The van der Waals surface area contributed by atoms with Crippen molar-refractivity contribution < 1.29 is 23.8 Å². The van der Waals surface area contributed by atoms with Crippen LogP contribution >= 0.6 is 0 Å².